The molecule has 6 N–H and O–H groups in total. The number of fused-ring (bicyclic) bond motifs is 1. The molecule has 3 saturated heterocycles. The quantitative estimate of drug-likeness (QED) is 0.153. The van der Waals surface area contributed by atoms with Gasteiger partial charge in [-0.15, -0.1) is 0 Å². The van der Waals surface area contributed by atoms with Gasteiger partial charge in [-0.25, -0.2) is 13.2 Å². The zero-order chi connectivity index (χ0) is 39.0. The van der Waals surface area contributed by atoms with Crippen molar-refractivity contribution < 1.29 is 52.0 Å². The summed E-state index contributed by atoms with van der Waals surface area (Å²) in [6, 6.07) is 12.3. The Morgan fingerprint density at radius 3 is 2.43 bits per heavy atom. The summed E-state index contributed by atoms with van der Waals surface area (Å²) in [5, 5.41) is 26.1. The molecule has 0 saturated carbocycles. The largest absolute Gasteiger partial charge is 0.481 e. The highest BCUT2D eigenvalue weighted by molar-refractivity contribution is 7.89. The lowest BCUT2D eigenvalue weighted by molar-refractivity contribution is -0.143. The van der Waals surface area contributed by atoms with Crippen molar-refractivity contribution in [2.24, 2.45) is 17.6 Å². The first-order valence-corrected chi connectivity index (χ1v) is 19.7. The van der Waals surface area contributed by atoms with E-state index in [1.165, 1.54) is 21.3 Å². The minimum atomic E-state index is -4.14. The van der Waals surface area contributed by atoms with Gasteiger partial charge in [0.1, 0.15) is 12.1 Å². The average molecular weight is 774 g/mol. The highest BCUT2D eigenvalue weighted by atomic mass is 32.2. The van der Waals surface area contributed by atoms with Crippen molar-refractivity contribution in [2.45, 2.75) is 94.0 Å². The Labute approximate surface area is 315 Å². The van der Waals surface area contributed by atoms with Crippen molar-refractivity contribution in [3.63, 3.8) is 0 Å². The number of aliphatic hydroxyl groups is 1. The molecule has 0 radical (unpaired) electrons. The van der Waals surface area contributed by atoms with E-state index < -0.39 is 76.9 Å². The molecule has 54 heavy (non-hydrogen) atoms. The summed E-state index contributed by atoms with van der Waals surface area (Å²) in [6.07, 6.45) is -1.63. The topological polar surface area (TPSA) is 227 Å². The van der Waals surface area contributed by atoms with Crippen molar-refractivity contribution in [2.75, 3.05) is 32.8 Å². The van der Waals surface area contributed by atoms with Crippen LogP contribution >= 0.6 is 0 Å². The van der Waals surface area contributed by atoms with Crippen molar-refractivity contribution >= 4 is 33.9 Å². The summed E-state index contributed by atoms with van der Waals surface area (Å²) >= 11 is 0. The van der Waals surface area contributed by atoms with Gasteiger partial charge < -0.3 is 45.7 Å². The van der Waals surface area contributed by atoms with E-state index in [0.717, 1.165) is 5.56 Å². The van der Waals surface area contributed by atoms with Crippen LogP contribution in [0.3, 0.4) is 0 Å². The highest BCUT2D eigenvalue weighted by Gasteiger charge is 2.44. The fourth-order valence-electron chi connectivity index (χ4n) is 7.06. The number of hydrogen-bond donors (Lipinski definition) is 5. The molecule has 3 aliphatic heterocycles. The van der Waals surface area contributed by atoms with Crippen LogP contribution < -0.4 is 16.4 Å². The van der Waals surface area contributed by atoms with Gasteiger partial charge in [0.25, 0.3) is 0 Å². The SMILES string of the molecule is CC(C)CN(C[C@@H](O)[C@H](Cc1ccccc1)NC(=O)OC1CO[C@H]2OCC[C@@H]12)S(=O)(=O)c1ccc(CNC(=O)[C@@H]2CCCN2C(=O)[C@@H](N)CC(=O)O)cc1. The molecule has 2 aromatic carbocycles. The Morgan fingerprint density at radius 1 is 1.02 bits per heavy atom. The lowest BCUT2D eigenvalue weighted by Gasteiger charge is -2.31. The smallest absolute Gasteiger partial charge is 0.407 e. The van der Waals surface area contributed by atoms with Gasteiger partial charge in [-0.2, -0.15) is 4.31 Å². The van der Waals surface area contributed by atoms with Crippen LogP contribution in [0, 0.1) is 11.8 Å². The second-order valence-corrected chi connectivity index (χ2v) is 16.4. The molecule has 7 atom stereocenters. The summed E-state index contributed by atoms with van der Waals surface area (Å²) in [4.78, 5) is 51.2. The van der Waals surface area contributed by atoms with Crippen LogP contribution in [0.25, 0.3) is 0 Å². The van der Waals surface area contributed by atoms with Crippen LogP contribution in [0.4, 0.5) is 4.79 Å². The number of amides is 3. The number of ether oxygens (including phenoxy) is 3. The molecule has 1 unspecified atom stereocenters. The maximum absolute atomic E-state index is 14.0. The predicted octanol–water partition coefficient (Wildman–Crippen LogP) is 1.20. The third kappa shape index (κ3) is 10.5. The van der Waals surface area contributed by atoms with E-state index in [9.17, 15) is 32.7 Å². The molecule has 16 nitrogen and oxygen atoms in total. The van der Waals surface area contributed by atoms with E-state index in [4.69, 9.17) is 25.1 Å². The standard InChI is InChI=1S/C37H51N5O11S/c1-23(2)20-41(21-31(43)29(17-24-7-4-3-5-8-24)40-37(48)53-32-22-52-36-27(32)14-16-51-36)54(49,50)26-12-10-25(11-13-26)19-39-34(46)30-9-6-15-42(30)35(47)28(38)18-33(44)45/h3-5,7-8,10-13,23,27-32,36,43H,6,9,14-22,38H2,1-2H3,(H,39,46)(H,40,48)(H,44,45)/t27-,28-,29-,30-,31+,32?,36+/m0/s1. The number of carbonyl (C=O) groups excluding carboxylic acids is 3. The molecule has 17 heteroatoms. The van der Waals surface area contributed by atoms with Crippen molar-refractivity contribution in [3.05, 3.63) is 65.7 Å². The summed E-state index contributed by atoms with van der Waals surface area (Å²) in [7, 11) is -4.14. The molecule has 0 aliphatic carbocycles. The first kappa shape index (κ1) is 41.0. The Morgan fingerprint density at radius 2 is 1.74 bits per heavy atom. The van der Waals surface area contributed by atoms with Crippen LogP contribution in [0.2, 0.25) is 0 Å². The molecule has 5 rings (SSSR count). The van der Waals surface area contributed by atoms with Gasteiger partial charge in [-0.1, -0.05) is 56.3 Å². The highest BCUT2D eigenvalue weighted by Crippen LogP contribution is 2.33. The van der Waals surface area contributed by atoms with E-state index in [1.807, 2.05) is 44.2 Å². The van der Waals surface area contributed by atoms with Gasteiger partial charge >= 0.3 is 12.1 Å². The molecule has 0 aromatic heterocycles. The number of sulfonamides is 1. The van der Waals surface area contributed by atoms with E-state index in [-0.39, 0.29) is 55.9 Å². The first-order chi connectivity index (χ1) is 25.7. The number of hydrogen-bond acceptors (Lipinski definition) is 11. The number of rotatable bonds is 17. The van der Waals surface area contributed by atoms with E-state index in [2.05, 4.69) is 10.6 Å². The Hall–Kier alpha value is -4.13. The van der Waals surface area contributed by atoms with Crippen molar-refractivity contribution in [1.82, 2.24) is 19.8 Å². The van der Waals surface area contributed by atoms with Gasteiger partial charge in [-0.05, 0) is 54.9 Å². The monoisotopic (exact) mass is 773 g/mol. The number of carbonyl (C=O) groups is 4. The van der Waals surface area contributed by atoms with E-state index in [0.29, 0.717) is 31.4 Å². The Bertz CT molecular complexity index is 1710. The average Bonchev–Trinajstić information content (AvgIpc) is 3.89. The molecule has 0 spiro atoms. The molecule has 0 bridgehead atoms. The minimum absolute atomic E-state index is 0.0213. The number of nitrogens with one attached hydrogen (secondary N) is 2. The number of alkyl carbamates (subject to hydrolysis) is 1. The number of benzene rings is 2. The number of nitrogens with two attached hydrogens (primary N) is 1. The molecular formula is C37H51N5O11S. The van der Waals surface area contributed by atoms with Crippen LogP contribution in [0.1, 0.15) is 50.7 Å². The molecule has 3 heterocycles. The second-order valence-electron chi connectivity index (χ2n) is 14.4. The fourth-order valence-corrected chi connectivity index (χ4v) is 8.68. The van der Waals surface area contributed by atoms with Gasteiger partial charge in [0, 0.05) is 26.2 Å². The fraction of sp³-hybridized carbons (Fsp3) is 0.568. The minimum Gasteiger partial charge on any atom is -0.481 e. The van der Waals surface area contributed by atoms with E-state index >= 15 is 0 Å². The molecule has 296 valence electrons. The Balaban J connectivity index is 1.23. The number of carboxylic acid groups (broad SMARTS) is 1. The molecule has 2 aromatic rings. The van der Waals surface area contributed by atoms with Crippen LogP contribution in [-0.2, 0) is 51.6 Å². The number of carboxylic acids is 1. The molecule has 3 fully saturated rings. The number of likely N-dealkylation sites (tertiary alicyclic amines) is 1. The van der Waals surface area contributed by atoms with Crippen LogP contribution in [0.5, 0.6) is 0 Å². The zero-order valence-corrected chi connectivity index (χ0v) is 31.4. The maximum atomic E-state index is 14.0. The second kappa shape index (κ2) is 18.5. The van der Waals surface area contributed by atoms with E-state index in [1.54, 1.807) is 12.1 Å². The number of aliphatic carboxylic acids is 1. The third-order valence-corrected chi connectivity index (χ3v) is 11.7. The van der Waals surface area contributed by atoms with Crippen molar-refractivity contribution in [3.8, 4) is 0 Å². The third-order valence-electron chi connectivity index (χ3n) is 9.85. The van der Waals surface area contributed by atoms with Gasteiger partial charge in [-0.3, -0.25) is 14.4 Å². The normalized spacial score (nSPS) is 22.8. The lowest BCUT2D eigenvalue weighted by Crippen LogP contribution is -2.51. The zero-order valence-electron chi connectivity index (χ0n) is 30.5. The number of nitrogens with zero attached hydrogens (tertiary/aromatic N) is 2. The lowest BCUT2D eigenvalue weighted by atomic mass is 10.0. The van der Waals surface area contributed by atoms with Gasteiger partial charge in [0.05, 0.1) is 48.6 Å². The van der Waals surface area contributed by atoms with Crippen LogP contribution in [-0.4, -0.2) is 121 Å². The summed E-state index contributed by atoms with van der Waals surface area (Å²) in [5.41, 5.74) is 7.18. The van der Waals surface area contributed by atoms with Crippen molar-refractivity contribution in [1.29, 1.82) is 0 Å². The molecule has 3 amide bonds. The summed E-state index contributed by atoms with van der Waals surface area (Å²) in [6.45, 7) is 4.56. The predicted molar refractivity (Wildman–Crippen MR) is 194 cm³/mol. The first-order valence-electron chi connectivity index (χ1n) is 18.3. The molecular weight excluding hydrogens is 722 g/mol. The van der Waals surface area contributed by atoms with Crippen LogP contribution in [0.15, 0.2) is 59.5 Å². The number of aliphatic hydroxyl groups excluding tert-OH is 1. The molecule has 3 aliphatic rings. The Kier molecular flexibility index (Phi) is 14.0. The summed E-state index contributed by atoms with van der Waals surface area (Å²) in [5.74, 6) is -2.41. The van der Waals surface area contributed by atoms with Gasteiger partial charge in [0.2, 0.25) is 21.8 Å². The summed E-state index contributed by atoms with van der Waals surface area (Å²) < 4.78 is 46.1. The maximum Gasteiger partial charge on any atom is 0.407 e. The van der Waals surface area contributed by atoms with Gasteiger partial charge in [0.15, 0.2) is 6.29 Å².